The molecule has 7 aromatic rings. The molecule has 4 nitrogen and oxygen atoms in total. The Hall–Kier alpha value is -3.97. The zero-order chi connectivity index (χ0) is 42.4. The van der Waals surface area contributed by atoms with Gasteiger partial charge < -0.3 is 9.40 Å². The number of fused-ring (bicyclic) bond motifs is 3. The molecule has 1 saturated carbocycles. The van der Waals surface area contributed by atoms with Gasteiger partial charge in [0.2, 0.25) is 5.71 Å². The van der Waals surface area contributed by atoms with Gasteiger partial charge in [-0.1, -0.05) is 41.8 Å². The van der Waals surface area contributed by atoms with Gasteiger partial charge in [-0.25, -0.2) is 9.37 Å². The topological polar surface area (TPSA) is 51.8 Å². The summed E-state index contributed by atoms with van der Waals surface area (Å²) in [6.07, 6.45) is 7.16. The second-order valence-corrected chi connectivity index (χ2v) is 25.0. The van der Waals surface area contributed by atoms with E-state index in [0.717, 1.165) is 64.3 Å². The Morgan fingerprint density at radius 3 is 2.42 bits per heavy atom. The van der Waals surface area contributed by atoms with Crippen molar-refractivity contribution in [2.45, 2.75) is 75.5 Å². The SMILES string of the molecule is [2H]C([2H])(c1cc(-c2[c-]cccc2)nc[c]1[Ge]([CH3])([CH3])[CH3])C(C)C.[2H]c1c([2H])c(-c2ccc3c(n2)oc2c(-c4cc(C5([2H])CCCCC5)ccn4)[c-]ccc23)c([2H])c([2H])c1F.[Ir]. The van der Waals surface area contributed by atoms with Gasteiger partial charge in [0.25, 0.3) is 0 Å². The maximum Gasteiger partial charge on any atom is 0.216 e. The molecule has 273 valence electrons. The van der Waals surface area contributed by atoms with E-state index < -0.39 is 55.5 Å². The molecule has 1 aliphatic rings. The summed E-state index contributed by atoms with van der Waals surface area (Å²) in [6, 6.07) is 24.4. The number of aromatic nitrogens is 3. The van der Waals surface area contributed by atoms with E-state index in [1.54, 1.807) is 24.4 Å². The van der Waals surface area contributed by atoms with Crippen LogP contribution in [0.25, 0.3) is 55.8 Å². The average molecular weight is 948 g/mol. The third kappa shape index (κ3) is 9.05. The van der Waals surface area contributed by atoms with Crippen molar-refractivity contribution in [2.24, 2.45) is 5.92 Å². The second kappa shape index (κ2) is 17.0. The molecule has 1 aliphatic carbocycles. The molecule has 8 rings (SSSR count). The quantitative estimate of drug-likeness (QED) is 0.118. The van der Waals surface area contributed by atoms with Gasteiger partial charge in [-0.2, -0.15) is 0 Å². The Balaban J connectivity index is 0.000000226. The first kappa shape index (κ1) is 30.4. The van der Waals surface area contributed by atoms with Crippen LogP contribution in [0.2, 0.25) is 17.3 Å². The van der Waals surface area contributed by atoms with E-state index in [-0.39, 0.29) is 43.0 Å². The van der Waals surface area contributed by atoms with Crippen LogP contribution in [0.3, 0.4) is 0 Å². The van der Waals surface area contributed by atoms with Gasteiger partial charge in [-0.05, 0) is 66.8 Å². The largest absolute Gasteiger partial charge is 0.486 e. The molecule has 0 aliphatic heterocycles. The van der Waals surface area contributed by atoms with Crippen molar-refractivity contribution in [3.63, 3.8) is 0 Å². The number of hydrogen-bond donors (Lipinski definition) is 0. The number of halogens is 1. The number of pyridine rings is 3. The van der Waals surface area contributed by atoms with Gasteiger partial charge in [0, 0.05) is 38.6 Å². The Morgan fingerprint density at radius 2 is 1.70 bits per heavy atom. The fourth-order valence-corrected chi connectivity index (χ4v) is 9.56. The first-order valence-electron chi connectivity index (χ1n) is 21.4. The summed E-state index contributed by atoms with van der Waals surface area (Å²) in [4.78, 5) is 13.6. The van der Waals surface area contributed by atoms with Crippen LogP contribution in [-0.2, 0) is 26.5 Å². The predicted octanol–water partition coefficient (Wildman–Crippen LogP) is 12.0. The molecule has 0 unspecified atom stereocenters. The summed E-state index contributed by atoms with van der Waals surface area (Å²) in [5.41, 5.74) is 5.59. The van der Waals surface area contributed by atoms with Crippen molar-refractivity contribution in [1.82, 2.24) is 15.0 Å². The van der Waals surface area contributed by atoms with Crippen molar-refractivity contribution >= 4 is 39.7 Å². The minimum absolute atomic E-state index is 0. The van der Waals surface area contributed by atoms with E-state index in [1.807, 2.05) is 68.6 Å². The normalized spacial score (nSPS) is 16.2. The molecule has 0 amide bonds. The van der Waals surface area contributed by atoms with Crippen LogP contribution in [0.15, 0.2) is 108 Å². The fourth-order valence-electron chi connectivity index (χ4n) is 6.61. The second-order valence-electron chi connectivity index (χ2n) is 14.5. The minimum Gasteiger partial charge on any atom is -0.486 e. The maximum absolute atomic E-state index is 14.0. The molecule has 7 heteroatoms. The van der Waals surface area contributed by atoms with E-state index in [1.165, 1.54) is 0 Å². The van der Waals surface area contributed by atoms with Crippen molar-refractivity contribution in [1.29, 1.82) is 0 Å². The van der Waals surface area contributed by atoms with Crippen LogP contribution in [0.4, 0.5) is 4.39 Å². The van der Waals surface area contributed by atoms with Crippen molar-refractivity contribution < 1.29 is 38.5 Å². The molecule has 0 bridgehead atoms. The van der Waals surface area contributed by atoms with E-state index in [4.69, 9.17) is 14.0 Å². The molecule has 1 fully saturated rings. The summed E-state index contributed by atoms with van der Waals surface area (Å²) in [6.45, 7) is 3.88. The Morgan fingerprint density at radius 1 is 0.906 bits per heavy atom. The summed E-state index contributed by atoms with van der Waals surface area (Å²) >= 11 is -2.20. The predicted molar refractivity (Wildman–Crippen MR) is 215 cm³/mol. The van der Waals surface area contributed by atoms with Crippen molar-refractivity contribution in [3.05, 3.63) is 132 Å². The minimum atomic E-state index is -2.20. The van der Waals surface area contributed by atoms with Crippen molar-refractivity contribution in [2.75, 3.05) is 0 Å². The molecule has 0 N–H and O–H groups in total. The summed E-state index contributed by atoms with van der Waals surface area (Å²) in [5.74, 6) is 4.95. The Kier molecular flexibility index (Phi) is 9.75. The van der Waals surface area contributed by atoms with Crippen LogP contribution in [0.5, 0.6) is 0 Å². The molecule has 0 saturated heterocycles. The standard InChI is InChI=1S/C28H22FN2O.C18H24GeN.Ir/c29-21-11-9-19(10-12-21)25-14-13-23-22-7-4-8-24(27(22)32-28(23)31-25)26-17-20(15-16-30-26)18-5-2-1-3-6-18;1-14(2)11-16-12-18(15-9-7-6-8-10-15)20-13-17(16)19(3,4)5;/h4,7,9-18H,1-3,5-6H2;6-9,12-14H,11H2,1-5H3;/q2*-1;/i9D,10D,11D,12D,18D;11D2;. The molecule has 1 radical (unpaired) electrons. The molecular formula is C46H46FGeIrN3O-2. The molecule has 4 heterocycles. The molecule has 53 heavy (non-hydrogen) atoms. The summed E-state index contributed by atoms with van der Waals surface area (Å²) in [5, 5.41) is 1.48. The molecule has 3 aromatic carbocycles. The maximum atomic E-state index is 14.0. The smallest absolute Gasteiger partial charge is 0.216 e. The van der Waals surface area contributed by atoms with E-state index >= 15 is 0 Å². The molecule has 0 atom stereocenters. The molecule has 4 aromatic heterocycles. The molecule has 0 spiro atoms. The summed E-state index contributed by atoms with van der Waals surface area (Å²) in [7, 11) is 0. The third-order valence-electron chi connectivity index (χ3n) is 9.17. The first-order chi connectivity index (χ1) is 27.9. The van der Waals surface area contributed by atoms with E-state index in [2.05, 4.69) is 44.4 Å². The van der Waals surface area contributed by atoms with Crippen LogP contribution >= 0.6 is 0 Å². The zero-order valence-corrected chi connectivity index (χ0v) is 35.1. The van der Waals surface area contributed by atoms with E-state index in [0.29, 0.717) is 22.2 Å². The van der Waals surface area contributed by atoms with Crippen molar-refractivity contribution in [3.8, 4) is 33.8 Å². The number of rotatable bonds is 7. The number of hydrogen-bond acceptors (Lipinski definition) is 4. The van der Waals surface area contributed by atoms with Crippen LogP contribution in [0.1, 0.15) is 72.6 Å². The number of furan rings is 1. The van der Waals surface area contributed by atoms with Crippen LogP contribution in [-0.4, -0.2) is 28.2 Å². The fraction of sp³-hybridized carbons (Fsp3) is 0.283. The third-order valence-corrected chi connectivity index (χ3v) is 13.4. The van der Waals surface area contributed by atoms with Gasteiger partial charge >= 0.3 is 128 Å². The average Bonchev–Trinajstić information content (AvgIpc) is 3.61. The first-order valence-corrected chi connectivity index (χ1v) is 25.2. The summed E-state index contributed by atoms with van der Waals surface area (Å²) < 4.78 is 79.4. The van der Waals surface area contributed by atoms with Gasteiger partial charge in [0.1, 0.15) is 5.82 Å². The van der Waals surface area contributed by atoms with Gasteiger partial charge in [0.05, 0.1) is 16.8 Å². The van der Waals surface area contributed by atoms with Crippen LogP contribution < -0.4 is 4.40 Å². The molecular weight excluding hydrogens is 894 g/mol. The zero-order valence-electron chi connectivity index (χ0n) is 37.6. The number of benzene rings is 3. The monoisotopic (exact) mass is 949 g/mol. The number of nitrogens with zero attached hydrogens (tertiary/aromatic N) is 3. The van der Waals surface area contributed by atoms with Gasteiger partial charge in [0.15, 0.2) is 0 Å². The van der Waals surface area contributed by atoms with Gasteiger partial charge in [-0.3, -0.25) is 0 Å². The van der Waals surface area contributed by atoms with Gasteiger partial charge in [-0.15, -0.1) is 18.2 Å². The van der Waals surface area contributed by atoms with E-state index in [9.17, 15) is 4.39 Å². The Labute approximate surface area is 339 Å². The Bertz CT molecular complexity index is 2650. The van der Waals surface area contributed by atoms with Crippen LogP contribution in [0, 0.1) is 23.9 Å².